The highest BCUT2D eigenvalue weighted by molar-refractivity contribution is 6.30. The molecule has 0 aliphatic carbocycles. The first kappa shape index (κ1) is 20.8. The zero-order valence-corrected chi connectivity index (χ0v) is 18.2. The van der Waals surface area contributed by atoms with E-state index >= 15 is 0 Å². The Bertz CT molecular complexity index is 1410. The van der Waals surface area contributed by atoms with Crippen molar-refractivity contribution in [2.75, 3.05) is 0 Å². The highest BCUT2D eigenvalue weighted by Crippen LogP contribution is 2.17. The van der Waals surface area contributed by atoms with E-state index in [0.717, 1.165) is 16.0 Å². The second-order valence-corrected chi connectivity index (χ2v) is 7.82. The largest absolute Gasteiger partial charge is 0.332 e. The Morgan fingerprint density at radius 2 is 1.52 bits per heavy atom. The monoisotopic (exact) mass is 436 g/mol. The molecule has 2 aromatic heterocycles. The zero-order chi connectivity index (χ0) is 22.3. The summed E-state index contributed by atoms with van der Waals surface area (Å²) in [6.45, 7) is 2.36. The lowest BCUT2D eigenvalue weighted by Gasteiger charge is -2.10. The maximum absolute atomic E-state index is 12.8. The molecule has 0 atom stereocenters. The van der Waals surface area contributed by atoms with Crippen LogP contribution in [0.25, 0.3) is 11.2 Å². The molecule has 4 rings (SSSR count). The molecule has 0 fully saturated rings. The van der Waals surface area contributed by atoms with Crippen molar-refractivity contribution in [1.29, 1.82) is 0 Å². The Labute approximate surface area is 183 Å². The first-order chi connectivity index (χ1) is 14.8. The standard InChI is InChI=1S/C23H21ClN4O3/c1-4-18-25-21-19(22(30)27(3)23(31)26(21)2)28(18)13-14-5-7-15(8-6-14)20(29)16-9-11-17(24)12-10-16/h5-12H,4,13H2,1-3H3. The van der Waals surface area contributed by atoms with E-state index < -0.39 is 5.69 Å². The van der Waals surface area contributed by atoms with Crippen molar-refractivity contribution in [3.8, 4) is 0 Å². The van der Waals surface area contributed by atoms with E-state index in [1.54, 1.807) is 43.4 Å². The van der Waals surface area contributed by atoms with E-state index in [0.29, 0.717) is 40.3 Å². The first-order valence-corrected chi connectivity index (χ1v) is 10.2. The van der Waals surface area contributed by atoms with Crippen LogP contribution in [-0.2, 0) is 27.1 Å². The fourth-order valence-electron chi connectivity index (χ4n) is 3.64. The van der Waals surface area contributed by atoms with Crippen LogP contribution in [-0.4, -0.2) is 24.5 Å². The average Bonchev–Trinajstić information content (AvgIpc) is 3.15. The number of ketones is 1. The van der Waals surface area contributed by atoms with Gasteiger partial charge in [-0.3, -0.25) is 18.7 Å². The summed E-state index contributed by atoms with van der Waals surface area (Å²) in [4.78, 5) is 42.3. The van der Waals surface area contributed by atoms with Crippen molar-refractivity contribution in [2.24, 2.45) is 14.1 Å². The van der Waals surface area contributed by atoms with E-state index in [1.807, 2.05) is 23.6 Å². The lowest BCUT2D eigenvalue weighted by molar-refractivity contribution is 0.103. The van der Waals surface area contributed by atoms with Gasteiger partial charge in [-0.25, -0.2) is 9.78 Å². The molecule has 4 aromatic rings. The fourth-order valence-corrected chi connectivity index (χ4v) is 3.77. The number of imidazole rings is 1. The normalized spacial score (nSPS) is 11.2. The van der Waals surface area contributed by atoms with Crippen LogP contribution in [0.5, 0.6) is 0 Å². The van der Waals surface area contributed by atoms with Crippen LogP contribution in [0.2, 0.25) is 5.02 Å². The summed E-state index contributed by atoms with van der Waals surface area (Å²) in [5.74, 6) is 0.629. The number of carbonyl (C=O) groups is 1. The Morgan fingerprint density at radius 3 is 2.10 bits per heavy atom. The maximum atomic E-state index is 12.8. The number of hydrogen-bond donors (Lipinski definition) is 0. The third-order valence-electron chi connectivity index (χ3n) is 5.41. The van der Waals surface area contributed by atoms with Gasteiger partial charge in [0.1, 0.15) is 5.82 Å². The summed E-state index contributed by atoms with van der Waals surface area (Å²) in [5, 5.41) is 0.579. The van der Waals surface area contributed by atoms with Crippen LogP contribution >= 0.6 is 11.6 Å². The summed E-state index contributed by atoms with van der Waals surface area (Å²) < 4.78 is 4.32. The van der Waals surface area contributed by atoms with Crippen molar-refractivity contribution in [3.63, 3.8) is 0 Å². The lowest BCUT2D eigenvalue weighted by atomic mass is 10.0. The highest BCUT2D eigenvalue weighted by Gasteiger charge is 2.18. The van der Waals surface area contributed by atoms with E-state index in [9.17, 15) is 14.4 Å². The number of rotatable bonds is 5. The van der Waals surface area contributed by atoms with Gasteiger partial charge in [-0.15, -0.1) is 0 Å². The third kappa shape index (κ3) is 3.61. The minimum atomic E-state index is -0.408. The third-order valence-corrected chi connectivity index (χ3v) is 5.66. The smallest absolute Gasteiger partial charge is 0.318 e. The second kappa shape index (κ2) is 8.00. The minimum absolute atomic E-state index is 0.0885. The molecule has 0 bridgehead atoms. The maximum Gasteiger partial charge on any atom is 0.332 e. The molecule has 0 spiro atoms. The highest BCUT2D eigenvalue weighted by atomic mass is 35.5. The number of aromatic nitrogens is 4. The molecule has 2 aromatic carbocycles. The van der Waals surface area contributed by atoms with Crippen LogP contribution in [0.1, 0.15) is 34.2 Å². The van der Waals surface area contributed by atoms with Crippen LogP contribution in [0.3, 0.4) is 0 Å². The molecular weight excluding hydrogens is 416 g/mol. The molecule has 0 aliphatic rings. The predicted octanol–water partition coefficient (Wildman–Crippen LogP) is 2.93. The Balaban J connectivity index is 1.71. The molecule has 7 nitrogen and oxygen atoms in total. The number of halogens is 1. The molecule has 0 saturated heterocycles. The van der Waals surface area contributed by atoms with Crippen LogP contribution in [0.15, 0.2) is 58.1 Å². The average molecular weight is 437 g/mol. The zero-order valence-electron chi connectivity index (χ0n) is 17.4. The Kier molecular flexibility index (Phi) is 5.37. The van der Waals surface area contributed by atoms with Gasteiger partial charge in [0.25, 0.3) is 5.56 Å². The van der Waals surface area contributed by atoms with Crippen LogP contribution in [0.4, 0.5) is 0 Å². The molecule has 0 saturated carbocycles. The Morgan fingerprint density at radius 1 is 0.935 bits per heavy atom. The van der Waals surface area contributed by atoms with Crippen LogP contribution < -0.4 is 11.2 Å². The molecule has 2 heterocycles. The van der Waals surface area contributed by atoms with Gasteiger partial charge in [0, 0.05) is 43.2 Å². The second-order valence-electron chi connectivity index (χ2n) is 7.38. The van der Waals surface area contributed by atoms with Crippen molar-refractivity contribution in [3.05, 3.63) is 96.9 Å². The molecule has 31 heavy (non-hydrogen) atoms. The first-order valence-electron chi connectivity index (χ1n) is 9.86. The number of benzene rings is 2. The summed E-state index contributed by atoms with van der Waals surface area (Å²) in [6, 6.07) is 14.0. The molecule has 0 radical (unpaired) electrons. The quantitative estimate of drug-likeness (QED) is 0.450. The molecule has 0 aliphatic heterocycles. The Hall–Kier alpha value is -3.45. The van der Waals surface area contributed by atoms with Crippen molar-refractivity contribution in [1.82, 2.24) is 18.7 Å². The van der Waals surface area contributed by atoms with E-state index in [-0.39, 0.29) is 11.3 Å². The molecule has 158 valence electrons. The summed E-state index contributed by atoms with van der Waals surface area (Å²) in [6.07, 6.45) is 0.610. The van der Waals surface area contributed by atoms with Gasteiger partial charge in [0.15, 0.2) is 16.9 Å². The van der Waals surface area contributed by atoms with E-state index in [1.165, 1.54) is 11.6 Å². The summed E-state index contributed by atoms with van der Waals surface area (Å²) in [7, 11) is 3.07. The lowest BCUT2D eigenvalue weighted by Crippen LogP contribution is -2.37. The van der Waals surface area contributed by atoms with E-state index in [2.05, 4.69) is 4.98 Å². The number of carbonyl (C=O) groups excluding carboxylic acids is 1. The predicted molar refractivity (Wildman–Crippen MR) is 120 cm³/mol. The van der Waals surface area contributed by atoms with Gasteiger partial charge in [0.05, 0.1) is 0 Å². The topological polar surface area (TPSA) is 78.9 Å². The van der Waals surface area contributed by atoms with Crippen molar-refractivity contribution < 1.29 is 4.79 Å². The van der Waals surface area contributed by atoms with Crippen molar-refractivity contribution in [2.45, 2.75) is 19.9 Å². The van der Waals surface area contributed by atoms with Gasteiger partial charge < -0.3 is 4.57 Å². The molecule has 0 N–H and O–H groups in total. The molecule has 8 heteroatoms. The summed E-state index contributed by atoms with van der Waals surface area (Å²) >= 11 is 5.89. The number of hydrogen-bond acceptors (Lipinski definition) is 4. The molecule has 0 amide bonds. The summed E-state index contributed by atoms with van der Waals surface area (Å²) in [5.41, 5.74) is 2.03. The van der Waals surface area contributed by atoms with Gasteiger partial charge in [0.2, 0.25) is 0 Å². The number of aryl methyl sites for hydroxylation is 2. The van der Waals surface area contributed by atoms with E-state index in [4.69, 9.17) is 11.6 Å². The van der Waals surface area contributed by atoms with Crippen molar-refractivity contribution >= 4 is 28.5 Å². The number of fused-ring (bicyclic) bond motifs is 1. The van der Waals surface area contributed by atoms with Crippen LogP contribution in [0, 0.1) is 0 Å². The SMILES string of the molecule is CCc1nc2c(c(=O)n(C)c(=O)n2C)n1Cc1ccc(C(=O)c2ccc(Cl)cc2)cc1. The van der Waals surface area contributed by atoms with Gasteiger partial charge >= 0.3 is 5.69 Å². The van der Waals surface area contributed by atoms with Gasteiger partial charge in [-0.1, -0.05) is 42.8 Å². The van der Waals surface area contributed by atoms with Gasteiger partial charge in [-0.2, -0.15) is 0 Å². The molecule has 0 unspecified atom stereocenters. The van der Waals surface area contributed by atoms with Gasteiger partial charge in [-0.05, 0) is 29.8 Å². The minimum Gasteiger partial charge on any atom is -0.318 e. The fraction of sp³-hybridized carbons (Fsp3) is 0.217. The number of nitrogens with zero attached hydrogens (tertiary/aromatic N) is 4. The molecular formula is C23H21ClN4O3.